The number of nitrogens with zero attached hydrogens (tertiary/aromatic N) is 2. The van der Waals surface area contributed by atoms with Gasteiger partial charge in [-0.2, -0.15) is 4.73 Å². The van der Waals surface area contributed by atoms with Crippen LogP contribution in [0, 0.1) is 13.8 Å². The largest absolute Gasteiger partial charge is 0.427 e. The molecule has 0 fully saturated rings. The van der Waals surface area contributed by atoms with Crippen LogP contribution in [0.5, 0.6) is 0 Å². The number of benzene rings is 1. The van der Waals surface area contributed by atoms with Crippen molar-refractivity contribution < 1.29 is 5.21 Å². The minimum Gasteiger partial charge on any atom is -0.427 e. The van der Waals surface area contributed by atoms with Gasteiger partial charge in [0.05, 0.1) is 21.4 Å². The second kappa shape index (κ2) is 4.00. The fourth-order valence-corrected chi connectivity index (χ4v) is 1.72. The Bertz CT molecular complexity index is 549. The van der Waals surface area contributed by atoms with E-state index in [1.165, 1.54) is 0 Å². The van der Waals surface area contributed by atoms with Crippen LogP contribution in [-0.4, -0.2) is 14.9 Å². The van der Waals surface area contributed by atoms with Gasteiger partial charge in [0.25, 0.3) is 0 Å². The summed E-state index contributed by atoms with van der Waals surface area (Å²) in [6, 6.07) is 5.12. The van der Waals surface area contributed by atoms with Gasteiger partial charge in [-0.15, -0.1) is 0 Å². The van der Waals surface area contributed by atoms with Crippen molar-refractivity contribution in [3.05, 3.63) is 39.6 Å². The molecular weight excluding hydrogens is 247 g/mol. The van der Waals surface area contributed by atoms with E-state index in [9.17, 15) is 5.21 Å². The van der Waals surface area contributed by atoms with E-state index in [2.05, 4.69) is 4.98 Å². The molecule has 0 saturated heterocycles. The Morgan fingerprint density at radius 3 is 2.38 bits per heavy atom. The molecule has 5 heteroatoms. The fourth-order valence-electron chi connectivity index (χ4n) is 1.42. The number of aryl methyl sites for hydroxylation is 1. The molecule has 1 aromatic heterocycles. The number of rotatable bonds is 1. The van der Waals surface area contributed by atoms with Crippen molar-refractivity contribution in [2.24, 2.45) is 0 Å². The number of hydrogen-bond donors (Lipinski definition) is 1. The quantitative estimate of drug-likeness (QED) is 0.791. The zero-order chi connectivity index (χ0) is 11.9. The summed E-state index contributed by atoms with van der Waals surface area (Å²) in [7, 11) is 0. The van der Waals surface area contributed by atoms with E-state index >= 15 is 0 Å². The van der Waals surface area contributed by atoms with E-state index in [0.29, 0.717) is 21.6 Å². The van der Waals surface area contributed by atoms with Crippen molar-refractivity contribution in [3.8, 4) is 11.4 Å². The second-order valence-electron chi connectivity index (χ2n) is 3.55. The molecule has 0 aliphatic carbocycles. The Morgan fingerprint density at radius 2 is 1.88 bits per heavy atom. The second-order valence-corrected chi connectivity index (χ2v) is 4.36. The number of imidazole rings is 1. The van der Waals surface area contributed by atoms with E-state index < -0.39 is 0 Å². The normalized spacial score (nSPS) is 10.8. The fraction of sp³-hybridized carbons (Fsp3) is 0.182. The molecule has 0 bridgehead atoms. The maximum atomic E-state index is 9.81. The summed E-state index contributed by atoms with van der Waals surface area (Å²) in [6.07, 6.45) is 0. The molecule has 0 amide bonds. The lowest BCUT2D eigenvalue weighted by molar-refractivity contribution is 0.184. The smallest absolute Gasteiger partial charge is 0.175 e. The first-order valence-corrected chi connectivity index (χ1v) is 5.47. The van der Waals surface area contributed by atoms with Crippen LogP contribution in [0.3, 0.4) is 0 Å². The zero-order valence-corrected chi connectivity index (χ0v) is 10.3. The van der Waals surface area contributed by atoms with E-state index in [0.717, 1.165) is 16.0 Å². The number of aromatic nitrogens is 2. The van der Waals surface area contributed by atoms with E-state index in [1.54, 1.807) is 25.1 Å². The lowest BCUT2D eigenvalue weighted by Crippen LogP contribution is -1.96. The van der Waals surface area contributed by atoms with Crippen molar-refractivity contribution in [1.29, 1.82) is 0 Å². The average Bonchev–Trinajstić information content (AvgIpc) is 2.50. The van der Waals surface area contributed by atoms with Gasteiger partial charge in [0.1, 0.15) is 0 Å². The molecule has 1 heterocycles. The van der Waals surface area contributed by atoms with E-state index in [1.807, 2.05) is 6.92 Å². The van der Waals surface area contributed by atoms with Crippen LogP contribution in [0.15, 0.2) is 18.2 Å². The van der Waals surface area contributed by atoms with Crippen LogP contribution in [0.4, 0.5) is 0 Å². The SMILES string of the molecule is Cc1nc(-c2ccc(Cl)c(Cl)c2)n(O)c1C. The molecule has 16 heavy (non-hydrogen) atoms. The molecule has 2 rings (SSSR count). The summed E-state index contributed by atoms with van der Waals surface area (Å²) < 4.78 is 1.05. The van der Waals surface area contributed by atoms with Crippen LogP contribution in [0.1, 0.15) is 11.4 Å². The van der Waals surface area contributed by atoms with E-state index in [-0.39, 0.29) is 0 Å². The topological polar surface area (TPSA) is 38.0 Å². The Hall–Kier alpha value is -1.19. The van der Waals surface area contributed by atoms with Crippen molar-refractivity contribution in [3.63, 3.8) is 0 Å². The van der Waals surface area contributed by atoms with Gasteiger partial charge in [0.15, 0.2) is 5.82 Å². The molecule has 2 aromatic rings. The first-order valence-electron chi connectivity index (χ1n) is 4.71. The molecule has 3 nitrogen and oxygen atoms in total. The Labute approximate surface area is 103 Å². The van der Waals surface area contributed by atoms with Gasteiger partial charge in [-0.05, 0) is 32.0 Å². The molecule has 0 spiro atoms. The third kappa shape index (κ3) is 1.77. The van der Waals surface area contributed by atoms with Crippen molar-refractivity contribution in [2.75, 3.05) is 0 Å². The van der Waals surface area contributed by atoms with Crippen LogP contribution in [0.2, 0.25) is 10.0 Å². The van der Waals surface area contributed by atoms with Gasteiger partial charge in [-0.25, -0.2) is 4.98 Å². The monoisotopic (exact) mass is 256 g/mol. The zero-order valence-electron chi connectivity index (χ0n) is 8.83. The molecule has 1 N–H and O–H groups in total. The Balaban J connectivity index is 2.59. The molecule has 0 unspecified atom stereocenters. The van der Waals surface area contributed by atoms with E-state index in [4.69, 9.17) is 23.2 Å². The first-order chi connectivity index (χ1) is 7.50. The minimum absolute atomic E-state index is 0.442. The maximum absolute atomic E-state index is 9.81. The van der Waals surface area contributed by atoms with Crippen LogP contribution in [-0.2, 0) is 0 Å². The summed E-state index contributed by atoms with van der Waals surface area (Å²) >= 11 is 11.7. The molecule has 0 radical (unpaired) electrons. The third-order valence-corrected chi connectivity index (χ3v) is 3.23. The lowest BCUT2D eigenvalue weighted by Gasteiger charge is -2.03. The van der Waals surface area contributed by atoms with Gasteiger partial charge < -0.3 is 5.21 Å². The van der Waals surface area contributed by atoms with Gasteiger partial charge in [-0.3, -0.25) is 0 Å². The molecule has 0 aliphatic rings. The Morgan fingerprint density at radius 1 is 1.19 bits per heavy atom. The molecule has 0 aliphatic heterocycles. The predicted molar refractivity (Wildman–Crippen MR) is 64.3 cm³/mol. The standard InChI is InChI=1S/C11H10Cl2N2O/c1-6-7(2)15(16)11(14-6)8-3-4-9(12)10(13)5-8/h3-5,16H,1-2H3. The lowest BCUT2D eigenvalue weighted by atomic mass is 10.2. The summed E-state index contributed by atoms with van der Waals surface area (Å²) in [5.74, 6) is 0.466. The third-order valence-electron chi connectivity index (χ3n) is 2.49. The molecule has 84 valence electrons. The van der Waals surface area contributed by atoms with Gasteiger partial charge in [0.2, 0.25) is 0 Å². The minimum atomic E-state index is 0.442. The van der Waals surface area contributed by atoms with Gasteiger partial charge >= 0.3 is 0 Å². The summed E-state index contributed by atoms with van der Waals surface area (Å²) in [6.45, 7) is 3.63. The highest BCUT2D eigenvalue weighted by Crippen LogP contribution is 2.28. The molecule has 1 aromatic carbocycles. The first kappa shape index (κ1) is 11.3. The highest BCUT2D eigenvalue weighted by Gasteiger charge is 2.12. The number of halogens is 2. The predicted octanol–water partition coefficient (Wildman–Crippen LogP) is 3.71. The molecular formula is C11H10Cl2N2O. The summed E-state index contributed by atoms with van der Waals surface area (Å²) in [5, 5.41) is 10.7. The highest BCUT2D eigenvalue weighted by atomic mass is 35.5. The van der Waals surface area contributed by atoms with Crippen LogP contribution >= 0.6 is 23.2 Å². The van der Waals surface area contributed by atoms with Crippen molar-refractivity contribution in [2.45, 2.75) is 13.8 Å². The average molecular weight is 257 g/mol. The molecule has 0 atom stereocenters. The number of hydrogen-bond acceptors (Lipinski definition) is 2. The van der Waals surface area contributed by atoms with Crippen LogP contribution < -0.4 is 0 Å². The van der Waals surface area contributed by atoms with Crippen LogP contribution in [0.25, 0.3) is 11.4 Å². The van der Waals surface area contributed by atoms with Crippen molar-refractivity contribution in [1.82, 2.24) is 9.71 Å². The summed E-state index contributed by atoms with van der Waals surface area (Å²) in [5.41, 5.74) is 2.22. The molecule has 0 saturated carbocycles. The maximum Gasteiger partial charge on any atom is 0.175 e. The van der Waals surface area contributed by atoms with Crippen molar-refractivity contribution >= 4 is 23.2 Å². The summed E-state index contributed by atoms with van der Waals surface area (Å²) in [4.78, 5) is 4.26. The van der Waals surface area contributed by atoms with Gasteiger partial charge in [-0.1, -0.05) is 23.2 Å². The van der Waals surface area contributed by atoms with Gasteiger partial charge in [0, 0.05) is 5.56 Å². The Kier molecular flexibility index (Phi) is 2.82. The highest BCUT2D eigenvalue weighted by molar-refractivity contribution is 6.42.